The summed E-state index contributed by atoms with van der Waals surface area (Å²) >= 11 is 1.59. The number of pyridine rings is 1. The number of nitrogens with zero attached hydrogens (tertiary/aromatic N) is 2. The summed E-state index contributed by atoms with van der Waals surface area (Å²) in [5, 5.41) is 15.5. The molecule has 0 aliphatic rings. The highest BCUT2D eigenvalue weighted by Gasteiger charge is 2.17. The van der Waals surface area contributed by atoms with E-state index >= 15 is 0 Å². The Morgan fingerprint density at radius 3 is 3.00 bits per heavy atom. The first-order valence-electron chi connectivity index (χ1n) is 5.87. The molecule has 0 fully saturated rings. The molecule has 0 spiro atoms. The molecule has 0 aromatic carbocycles. The van der Waals surface area contributed by atoms with Gasteiger partial charge in [0.05, 0.1) is 22.3 Å². The van der Waals surface area contributed by atoms with Gasteiger partial charge in [0, 0.05) is 4.88 Å². The number of carboxylic acids is 1. The van der Waals surface area contributed by atoms with Crippen LogP contribution in [0, 0.1) is 6.92 Å². The highest BCUT2D eigenvalue weighted by molar-refractivity contribution is 7.10. The van der Waals surface area contributed by atoms with Gasteiger partial charge < -0.3 is 9.63 Å². The Hall–Kier alpha value is -2.47. The largest absolute Gasteiger partial charge is 0.478 e. The van der Waals surface area contributed by atoms with E-state index in [1.165, 1.54) is 6.07 Å². The fourth-order valence-electron chi connectivity index (χ4n) is 1.92. The van der Waals surface area contributed by atoms with E-state index in [9.17, 15) is 9.90 Å². The van der Waals surface area contributed by atoms with E-state index in [1.54, 1.807) is 24.3 Å². The van der Waals surface area contributed by atoms with Crippen molar-refractivity contribution in [1.82, 2.24) is 10.1 Å². The Morgan fingerprint density at radius 1 is 1.45 bits per heavy atom. The lowest BCUT2D eigenvalue weighted by molar-refractivity contribution is 0.0699. The number of thiophene rings is 1. The second-order valence-electron chi connectivity index (χ2n) is 4.20. The molecule has 0 saturated carbocycles. The van der Waals surface area contributed by atoms with E-state index in [1.807, 2.05) is 23.6 Å². The normalized spacial score (nSPS) is 11.4. The van der Waals surface area contributed by atoms with Gasteiger partial charge in [-0.15, -0.1) is 11.3 Å². The van der Waals surface area contributed by atoms with Gasteiger partial charge in [-0.25, -0.2) is 9.78 Å². The minimum atomic E-state index is -1.02. The number of aromatic carboxylic acids is 1. The van der Waals surface area contributed by atoms with Crippen molar-refractivity contribution in [3.05, 3.63) is 45.4 Å². The van der Waals surface area contributed by atoms with E-state index in [4.69, 9.17) is 4.52 Å². The molecule has 20 heavy (non-hydrogen) atoms. The number of aryl methyl sites for hydroxylation is 1. The Balaban J connectivity index is 2.11. The number of carbonyl (C=O) groups is 1. The Bertz CT molecular complexity index is 803. The van der Waals surface area contributed by atoms with E-state index < -0.39 is 5.97 Å². The van der Waals surface area contributed by atoms with Crippen LogP contribution >= 0.6 is 11.3 Å². The molecular weight excluding hydrogens is 276 g/mol. The molecule has 0 bridgehead atoms. The number of fused-ring (bicyclic) bond motifs is 1. The van der Waals surface area contributed by atoms with Gasteiger partial charge in [-0.1, -0.05) is 11.2 Å². The van der Waals surface area contributed by atoms with Crippen molar-refractivity contribution in [2.45, 2.75) is 6.92 Å². The SMILES string of the molecule is Cc1noc2nc(/C=C/c3cccs3)cc(C(=O)O)c12. The van der Waals surface area contributed by atoms with Crippen molar-refractivity contribution in [1.29, 1.82) is 0 Å². The predicted molar refractivity (Wildman–Crippen MR) is 76.7 cm³/mol. The zero-order valence-electron chi connectivity index (χ0n) is 10.5. The Labute approximate surface area is 118 Å². The van der Waals surface area contributed by atoms with Gasteiger partial charge in [0.15, 0.2) is 0 Å². The zero-order valence-corrected chi connectivity index (χ0v) is 11.3. The molecule has 0 atom stereocenters. The van der Waals surface area contributed by atoms with Gasteiger partial charge in [-0.05, 0) is 36.6 Å². The summed E-state index contributed by atoms with van der Waals surface area (Å²) in [6.07, 6.45) is 3.64. The Kier molecular flexibility index (Phi) is 3.08. The van der Waals surface area contributed by atoms with Crippen LogP contribution in [0.15, 0.2) is 28.1 Å². The van der Waals surface area contributed by atoms with E-state index in [0.29, 0.717) is 16.8 Å². The lowest BCUT2D eigenvalue weighted by atomic mass is 10.1. The van der Waals surface area contributed by atoms with E-state index in [-0.39, 0.29) is 11.3 Å². The third-order valence-electron chi connectivity index (χ3n) is 2.83. The molecule has 0 saturated heterocycles. The first-order valence-corrected chi connectivity index (χ1v) is 6.75. The van der Waals surface area contributed by atoms with Gasteiger partial charge in [0.1, 0.15) is 0 Å². The van der Waals surface area contributed by atoms with Crippen molar-refractivity contribution in [3.8, 4) is 0 Å². The summed E-state index contributed by atoms with van der Waals surface area (Å²) in [5.41, 5.74) is 1.45. The fraction of sp³-hybridized carbons (Fsp3) is 0.0714. The summed E-state index contributed by atoms with van der Waals surface area (Å²) in [4.78, 5) is 16.7. The van der Waals surface area contributed by atoms with Crippen LogP contribution in [0.5, 0.6) is 0 Å². The summed E-state index contributed by atoms with van der Waals surface area (Å²) in [6, 6.07) is 5.44. The molecular formula is C14H10N2O3S. The molecule has 1 N–H and O–H groups in total. The molecule has 0 aliphatic carbocycles. The summed E-state index contributed by atoms with van der Waals surface area (Å²) in [6.45, 7) is 1.70. The van der Waals surface area contributed by atoms with Gasteiger partial charge in [-0.3, -0.25) is 0 Å². The zero-order chi connectivity index (χ0) is 14.1. The fourth-order valence-corrected chi connectivity index (χ4v) is 2.54. The minimum Gasteiger partial charge on any atom is -0.478 e. The molecule has 0 unspecified atom stereocenters. The van der Waals surface area contributed by atoms with Crippen LogP contribution in [0.2, 0.25) is 0 Å². The van der Waals surface area contributed by atoms with Crippen molar-refractivity contribution in [2.75, 3.05) is 0 Å². The lowest BCUT2D eigenvalue weighted by Crippen LogP contribution is -1.99. The monoisotopic (exact) mass is 286 g/mol. The van der Waals surface area contributed by atoms with Crippen molar-refractivity contribution < 1.29 is 14.4 Å². The first kappa shape index (κ1) is 12.6. The first-order chi connectivity index (χ1) is 9.65. The van der Waals surface area contributed by atoms with E-state index in [0.717, 1.165) is 4.88 Å². The maximum Gasteiger partial charge on any atom is 0.336 e. The maximum absolute atomic E-state index is 11.3. The topological polar surface area (TPSA) is 76.2 Å². The average Bonchev–Trinajstić information content (AvgIpc) is 3.06. The molecule has 3 rings (SSSR count). The molecule has 0 amide bonds. The Morgan fingerprint density at radius 2 is 2.30 bits per heavy atom. The highest BCUT2D eigenvalue weighted by atomic mass is 32.1. The minimum absolute atomic E-state index is 0.152. The number of hydrogen-bond donors (Lipinski definition) is 1. The number of aromatic nitrogens is 2. The van der Waals surface area contributed by atoms with Crippen LogP contribution in [0.25, 0.3) is 23.3 Å². The lowest BCUT2D eigenvalue weighted by Gasteiger charge is -1.99. The molecule has 6 heteroatoms. The van der Waals surface area contributed by atoms with Crippen LogP contribution in [0.4, 0.5) is 0 Å². The molecule has 100 valence electrons. The quantitative estimate of drug-likeness (QED) is 0.797. The number of hydrogen-bond acceptors (Lipinski definition) is 5. The van der Waals surface area contributed by atoms with Crippen molar-refractivity contribution in [2.24, 2.45) is 0 Å². The molecule has 0 aliphatic heterocycles. The maximum atomic E-state index is 11.3. The highest BCUT2D eigenvalue weighted by Crippen LogP contribution is 2.23. The molecule has 3 heterocycles. The molecule has 0 radical (unpaired) electrons. The molecule has 3 aromatic heterocycles. The van der Waals surface area contributed by atoms with Crippen LogP contribution in [0.3, 0.4) is 0 Å². The summed E-state index contributed by atoms with van der Waals surface area (Å²) < 4.78 is 5.06. The smallest absolute Gasteiger partial charge is 0.336 e. The van der Waals surface area contributed by atoms with Crippen molar-refractivity contribution in [3.63, 3.8) is 0 Å². The van der Waals surface area contributed by atoms with Gasteiger partial charge >= 0.3 is 5.97 Å². The van der Waals surface area contributed by atoms with Crippen LogP contribution in [0.1, 0.15) is 26.6 Å². The van der Waals surface area contributed by atoms with Crippen molar-refractivity contribution >= 4 is 40.6 Å². The number of rotatable bonds is 3. The summed E-state index contributed by atoms with van der Waals surface area (Å²) in [7, 11) is 0. The van der Waals surface area contributed by atoms with Gasteiger partial charge in [0.25, 0.3) is 5.71 Å². The van der Waals surface area contributed by atoms with Crippen LogP contribution in [-0.4, -0.2) is 21.2 Å². The van der Waals surface area contributed by atoms with Gasteiger partial charge in [0.2, 0.25) is 0 Å². The van der Waals surface area contributed by atoms with Crippen LogP contribution < -0.4 is 0 Å². The number of carboxylic acid groups (broad SMARTS) is 1. The third kappa shape index (κ3) is 2.21. The summed E-state index contributed by atoms with van der Waals surface area (Å²) in [5.74, 6) is -1.02. The van der Waals surface area contributed by atoms with Gasteiger partial charge in [-0.2, -0.15) is 0 Å². The second kappa shape index (κ2) is 4.90. The predicted octanol–water partition coefficient (Wildman–Crippen LogP) is 3.46. The average molecular weight is 286 g/mol. The standard InChI is InChI=1S/C14H10N2O3S/c1-8-12-11(14(17)18)7-9(15-13(12)19-16-8)4-5-10-3-2-6-20-10/h2-7H,1H3,(H,17,18)/b5-4+. The molecule has 3 aromatic rings. The molecule has 5 nitrogen and oxygen atoms in total. The van der Waals surface area contributed by atoms with E-state index in [2.05, 4.69) is 10.1 Å². The van der Waals surface area contributed by atoms with Crippen LogP contribution in [-0.2, 0) is 0 Å². The third-order valence-corrected chi connectivity index (χ3v) is 3.67. The second-order valence-corrected chi connectivity index (χ2v) is 5.18.